The number of carboxylic acid groups (broad SMARTS) is 1. The summed E-state index contributed by atoms with van der Waals surface area (Å²) in [6.07, 6.45) is 3.58. The third-order valence-corrected chi connectivity index (χ3v) is 3.71. The Labute approximate surface area is 102 Å². The number of urea groups is 1. The molecule has 3 atom stereocenters. The van der Waals surface area contributed by atoms with Gasteiger partial charge in [-0.15, -0.1) is 0 Å². The van der Waals surface area contributed by atoms with Crippen molar-refractivity contribution in [1.29, 1.82) is 0 Å². The van der Waals surface area contributed by atoms with Crippen LogP contribution < -0.4 is 10.6 Å². The van der Waals surface area contributed by atoms with E-state index in [-0.39, 0.29) is 18.1 Å². The molecule has 1 aliphatic rings. The maximum Gasteiger partial charge on any atom is 0.315 e. The predicted octanol–water partition coefficient (Wildman–Crippen LogP) is 1.58. The molecule has 5 heteroatoms. The van der Waals surface area contributed by atoms with Gasteiger partial charge >= 0.3 is 12.0 Å². The smallest absolute Gasteiger partial charge is 0.315 e. The molecule has 0 aromatic heterocycles. The highest BCUT2D eigenvalue weighted by molar-refractivity contribution is 5.76. The SMILES string of the molecule is CC(NC(=O)NC(C)C(C)C(=O)O)C1CCC1. The maximum atomic E-state index is 11.6. The average Bonchev–Trinajstić information content (AvgIpc) is 2.12. The Bertz CT molecular complexity index is 289. The van der Waals surface area contributed by atoms with Gasteiger partial charge in [0.2, 0.25) is 0 Å². The Hall–Kier alpha value is -1.26. The zero-order valence-corrected chi connectivity index (χ0v) is 10.7. The second-order valence-corrected chi connectivity index (χ2v) is 5.01. The largest absolute Gasteiger partial charge is 0.481 e. The normalized spacial score (nSPS) is 20.9. The molecule has 0 heterocycles. The Morgan fingerprint density at radius 1 is 1.18 bits per heavy atom. The summed E-state index contributed by atoms with van der Waals surface area (Å²) in [5.74, 6) is -0.905. The van der Waals surface area contributed by atoms with Gasteiger partial charge in [-0.1, -0.05) is 6.42 Å². The number of carboxylic acids is 1. The lowest BCUT2D eigenvalue weighted by Gasteiger charge is -2.32. The van der Waals surface area contributed by atoms with Crippen LogP contribution in [0.5, 0.6) is 0 Å². The van der Waals surface area contributed by atoms with Crippen LogP contribution in [0.15, 0.2) is 0 Å². The Morgan fingerprint density at radius 2 is 1.76 bits per heavy atom. The summed E-state index contributed by atoms with van der Waals surface area (Å²) in [7, 11) is 0. The molecule has 0 radical (unpaired) electrons. The second kappa shape index (κ2) is 5.89. The van der Waals surface area contributed by atoms with Crippen molar-refractivity contribution in [2.75, 3.05) is 0 Å². The zero-order chi connectivity index (χ0) is 13.0. The highest BCUT2D eigenvalue weighted by Crippen LogP contribution is 2.29. The summed E-state index contributed by atoms with van der Waals surface area (Å²) in [5.41, 5.74) is 0. The minimum absolute atomic E-state index is 0.163. The maximum absolute atomic E-state index is 11.6. The Balaban J connectivity index is 2.30. The van der Waals surface area contributed by atoms with Crippen molar-refractivity contribution in [3.8, 4) is 0 Å². The molecule has 0 spiro atoms. The standard InChI is InChI=1S/C12H22N2O3/c1-7(11(15)16)8(2)13-12(17)14-9(3)10-5-4-6-10/h7-10H,4-6H2,1-3H3,(H,15,16)(H2,13,14,17). The Kier molecular flexibility index (Phi) is 4.78. The molecule has 98 valence electrons. The van der Waals surface area contributed by atoms with Crippen LogP contribution in [-0.4, -0.2) is 29.2 Å². The Morgan fingerprint density at radius 3 is 2.18 bits per heavy atom. The van der Waals surface area contributed by atoms with E-state index >= 15 is 0 Å². The third-order valence-electron chi connectivity index (χ3n) is 3.71. The van der Waals surface area contributed by atoms with Crippen LogP contribution in [0.4, 0.5) is 4.79 Å². The zero-order valence-electron chi connectivity index (χ0n) is 10.7. The average molecular weight is 242 g/mol. The first-order chi connectivity index (χ1) is 7.91. The number of hydrogen-bond acceptors (Lipinski definition) is 2. The lowest BCUT2D eigenvalue weighted by molar-refractivity contribution is -0.141. The van der Waals surface area contributed by atoms with Crippen LogP contribution in [0.25, 0.3) is 0 Å². The van der Waals surface area contributed by atoms with Crippen LogP contribution >= 0.6 is 0 Å². The number of amides is 2. The van der Waals surface area contributed by atoms with Crippen molar-refractivity contribution in [2.24, 2.45) is 11.8 Å². The minimum atomic E-state index is -0.898. The minimum Gasteiger partial charge on any atom is -0.481 e. The van der Waals surface area contributed by atoms with E-state index < -0.39 is 11.9 Å². The highest BCUT2D eigenvalue weighted by atomic mass is 16.4. The van der Waals surface area contributed by atoms with E-state index in [9.17, 15) is 9.59 Å². The van der Waals surface area contributed by atoms with Crippen LogP contribution in [0.2, 0.25) is 0 Å². The van der Waals surface area contributed by atoms with Gasteiger partial charge in [-0.25, -0.2) is 4.79 Å². The van der Waals surface area contributed by atoms with Crippen molar-refractivity contribution in [2.45, 2.75) is 52.1 Å². The van der Waals surface area contributed by atoms with Gasteiger partial charge in [0, 0.05) is 12.1 Å². The number of nitrogens with one attached hydrogen (secondary N) is 2. The molecule has 0 aromatic carbocycles. The monoisotopic (exact) mass is 242 g/mol. The molecule has 1 fully saturated rings. The van der Waals surface area contributed by atoms with Crippen LogP contribution in [0.3, 0.4) is 0 Å². The molecule has 3 unspecified atom stereocenters. The fourth-order valence-electron chi connectivity index (χ4n) is 1.85. The number of carbonyl (C=O) groups excluding carboxylic acids is 1. The van der Waals surface area contributed by atoms with Crippen molar-refractivity contribution < 1.29 is 14.7 Å². The van der Waals surface area contributed by atoms with Gasteiger partial charge in [0.1, 0.15) is 0 Å². The summed E-state index contributed by atoms with van der Waals surface area (Å²) in [4.78, 5) is 22.4. The molecule has 1 aliphatic carbocycles. The van der Waals surface area contributed by atoms with E-state index in [1.54, 1.807) is 13.8 Å². The lowest BCUT2D eigenvalue weighted by atomic mass is 9.80. The molecule has 2 amide bonds. The fourth-order valence-corrected chi connectivity index (χ4v) is 1.85. The number of hydrogen-bond donors (Lipinski definition) is 3. The quantitative estimate of drug-likeness (QED) is 0.685. The molecular formula is C12H22N2O3. The number of carbonyl (C=O) groups is 2. The van der Waals surface area contributed by atoms with E-state index in [1.807, 2.05) is 6.92 Å². The first-order valence-electron chi connectivity index (χ1n) is 6.21. The van der Waals surface area contributed by atoms with E-state index in [2.05, 4.69) is 10.6 Å². The molecule has 1 rings (SSSR count). The summed E-state index contributed by atoms with van der Waals surface area (Å²) < 4.78 is 0. The highest BCUT2D eigenvalue weighted by Gasteiger charge is 2.26. The van der Waals surface area contributed by atoms with E-state index in [0.717, 1.165) is 0 Å². The number of rotatable bonds is 5. The van der Waals surface area contributed by atoms with Gasteiger partial charge in [-0.2, -0.15) is 0 Å². The predicted molar refractivity (Wildman–Crippen MR) is 64.7 cm³/mol. The van der Waals surface area contributed by atoms with Crippen LogP contribution in [0.1, 0.15) is 40.0 Å². The van der Waals surface area contributed by atoms with Crippen LogP contribution in [0, 0.1) is 11.8 Å². The summed E-state index contributed by atoms with van der Waals surface area (Å²) in [5, 5.41) is 14.3. The van der Waals surface area contributed by atoms with Gasteiger partial charge in [-0.05, 0) is 39.5 Å². The lowest BCUT2D eigenvalue weighted by Crippen LogP contribution is -2.50. The summed E-state index contributed by atoms with van der Waals surface area (Å²) in [6.45, 7) is 5.28. The fraction of sp³-hybridized carbons (Fsp3) is 0.833. The summed E-state index contributed by atoms with van der Waals surface area (Å²) in [6, 6.07) is -0.484. The molecule has 5 nitrogen and oxygen atoms in total. The molecule has 17 heavy (non-hydrogen) atoms. The first-order valence-corrected chi connectivity index (χ1v) is 6.21. The summed E-state index contributed by atoms with van der Waals surface area (Å²) >= 11 is 0. The van der Waals surface area contributed by atoms with Crippen molar-refractivity contribution in [1.82, 2.24) is 10.6 Å². The molecule has 0 aliphatic heterocycles. The molecule has 0 saturated heterocycles. The van der Waals surface area contributed by atoms with Crippen molar-refractivity contribution in [3.05, 3.63) is 0 Å². The first kappa shape index (κ1) is 13.8. The topological polar surface area (TPSA) is 78.4 Å². The van der Waals surface area contributed by atoms with Gasteiger partial charge in [0.25, 0.3) is 0 Å². The van der Waals surface area contributed by atoms with Gasteiger partial charge in [0.05, 0.1) is 5.92 Å². The molecule has 1 saturated carbocycles. The van der Waals surface area contributed by atoms with E-state index in [0.29, 0.717) is 5.92 Å². The third kappa shape index (κ3) is 3.91. The van der Waals surface area contributed by atoms with Crippen molar-refractivity contribution >= 4 is 12.0 Å². The molecule has 0 aromatic rings. The van der Waals surface area contributed by atoms with E-state index in [1.165, 1.54) is 19.3 Å². The van der Waals surface area contributed by atoms with Gasteiger partial charge in [-0.3, -0.25) is 4.79 Å². The van der Waals surface area contributed by atoms with Crippen molar-refractivity contribution in [3.63, 3.8) is 0 Å². The number of aliphatic carboxylic acids is 1. The van der Waals surface area contributed by atoms with Gasteiger partial charge < -0.3 is 15.7 Å². The molecule has 3 N–H and O–H groups in total. The van der Waals surface area contributed by atoms with Crippen LogP contribution in [-0.2, 0) is 4.79 Å². The van der Waals surface area contributed by atoms with E-state index in [4.69, 9.17) is 5.11 Å². The second-order valence-electron chi connectivity index (χ2n) is 5.01. The molecular weight excluding hydrogens is 220 g/mol. The van der Waals surface area contributed by atoms with Gasteiger partial charge in [0.15, 0.2) is 0 Å². The molecule has 0 bridgehead atoms.